The van der Waals surface area contributed by atoms with Gasteiger partial charge < -0.3 is 9.52 Å². The van der Waals surface area contributed by atoms with E-state index in [1.165, 1.54) is 4.68 Å². The van der Waals surface area contributed by atoms with E-state index in [0.29, 0.717) is 25.1 Å². The molecule has 0 fully saturated rings. The van der Waals surface area contributed by atoms with E-state index in [9.17, 15) is 9.90 Å². The van der Waals surface area contributed by atoms with Gasteiger partial charge in [0.1, 0.15) is 5.76 Å². The molecular weight excluding hydrogens is 260 g/mol. The standard InChI is InChI=1S/C13H18N4O3/c1-4-10-9(7-8-20-10)11-14-15-16-17(11)13(5-2,6-3)12(18)19/h7-8H,4-6H2,1-3H3,(H,18,19). The number of aryl methyl sites for hydroxylation is 1. The molecule has 108 valence electrons. The number of nitrogens with zero attached hydrogens (tertiary/aromatic N) is 4. The molecule has 0 amide bonds. The number of hydrogen-bond donors (Lipinski definition) is 1. The van der Waals surface area contributed by atoms with Crippen LogP contribution in [0.15, 0.2) is 16.7 Å². The van der Waals surface area contributed by atoms with E-state index in [2.05, 4.69) is 15.5 Å². The quantitative estimate of drug-likeness (QED) is 0.869. The first-order valence-electron chi connectivity index (χ1n) is 6.69. The lowest BCUT2D eigenvalue weighted by atomic mass is 9.92. The number of rotatable bonds is 6. The molecule has 0 aliphatic rings. The molecule has 0 saturated carbocycles. The number of carboxylic acids is 1. The molecule has 0 aliphatic carbocycles. The van der Waals surface area contributed by atoms with Gasteiger partial charge in [0.05, 0.1) is 11.8 Å². The number of hydrogen-bond acceptors (Lipinski definition) is 5. The lowest BCUT2D eigenvalue weighted by Gasteiger charge is -2.27. The summed E-state index contributed by atoms with van der Waals surface area (Å²) in [5.41, 5.74) is -0.397. The van der Waals surface area contributed by atoms with Crippen LogP contribution in [0.1, 0.15) is 39.4 Å². The molecule has 0 aliphatic heterocycles. The highest BCUT2D eigenvalue weighted by atomic mass is 16.4. The summed E-state index contributed by atoms with van der Waals surface area (Å²) in [7, 11) is 0. The van der Waals surface area contributed by atoms with E-state index < -0.39 is 11.5 Å². The van der Waals surface area contributed by atoms with E-state index in [0.717, 1.165) is 11.3 Å². The predicted octanol–water partition coefficient (Wildman–Crippen LogP) is 2.10. The lowest BCUT2D eigenvalue weighted by Crippen LogP contribution is -2.42. The summed E-state index contributed by atoms with van der Waals surface area (Å²) in [5, 5.41) is 21.2. The van der Waals surface area contributed by atoms with Crippen LogP contribution < -0.4 is 0 Å². The molecule has 0 atom stereocenters. The molecule has 0 saturated heterocycles. The third-order valence-electron chi connectivity index (χ3n) is 3.75. The molecule has 0 bridgehead atoms. The van der Waals surface area contributed by atoms with Gasteiger partial charge in [-0.3, -0.25) is 0 Å². The second kappa shape index (κ2) is 5.44. The van der Waals surface area contributed by atoms with Crippen molar-refractivity contribution in [3.63, 3.8) is 0 Å². The lowest BCUT2D eigenvalue weighted by molar-refractivity contribution is -0.148. The van der Waals surface area contributed by atoms with Gasteiger partial charge >= 0.3 is 5.97 Å². The molecule has 20 heavy (non-hydrogen) atoms. The van der Waals surface area contributed by atoms with Crippen LogP contribution in [0.2, 0.25) is 0 Å². The number of furan rings is 1. The highest BCUT2D eigenvalue weighted by Crippen LogP contribution is 2.31. The predicted molar refractivity (Wildman–Crippen MR) is 71.1 cm³/mol. The summed E-state index contributed by atoms with van der Waals surface area (Å²) in [4.78, 5) is 11.7. The second-order valence-electron chi connectivity index (χ2n) is 4.57. The van der Waals surface area contributed by atoms with E-state index in [1.807, 2.05) is 20.8 Å². The van der Waals surface area contributed by atoms with Crippen LogP contribution in [-0.4, -0.2) is 31.3 Å². The zero-order valence-corrected chi connectivity index (χ0v) is 11.8. The minimum Gasteiger partial charge on any atom is -0.479 e. The highest BCUT2D eigenvalue weighted by Gasteiger charge is 2.41. The molecule has 0 unspecified atom stereocenters. The molecule has 0 aromatic carbocycles. The Kier molecular flexibility index (Phi) is 3.87. The SMILES string of the molecule is CCc1occc1-c1nnnn1C(CC)(CC)C(=O)O. The van der Waals surface area contributed by atoms with Crippen LogP contribution in [0, 0.1) is 0 Å². The first-order valence-corrected chi connectivity index (χ1v) is 6.69. The number of aliphatic carboxylic acids is 1. The monoisotopic (exact) mass is 278 g/mol. The van der Waals surface area contributed by atoms with Gasteiger partial charge in [-0.1, -0.05) is 20.8 Å². The van der Waals surface area contributed by atoms with Gasteiger partial charge in [0.15, 0.2) is 11.4 Å². The van der Waals surface area contributed by atoms with Crippen molar-refractivity contribution in [1.82, 2.24) is 20.2 Å². The number of carbonyl (C=O) groups is 1. The molecule has 1 N–H and O–H groups in total. The van der Waals surface area contributed by atoms with Gasteiger partial charge in [-0.05, 0) is 29.3 Å². The van der Waals surface area contributed by atoms with Crippen molar-refractivity contribution < 1.29 is 14.3 Å². The first-order chi connectivity index (χ1) is 9.60. The molecule has 2 aromatic rings. The minimum absolute atomic E-state index is 0.399. The van der Waals surface area contributed by atoms with Gasteiger partial charge in [0, 0.05) is 6.42 Å². The summed E-state index contributed by atoms with van der Waals surface area (Å²) in [6.07, 6.45) is 3.05. The van der Waals surface area contributed by atoms with E-state index >= 15 is 0 Å². The zero-order valence-electron chi connectivity index (χ0n) is 11.8. The van der Waals surface area contributed by atoms with Crippen molar-refractivity contribution in [2.45, 2.75) is 45.6 Å². The Labute approximate surface area is 116 Å². The van der Waals surface area contributed by atoms with Crippen molar-refractivity contribution in [3.05, 3.63) is 18.1 Å². The van der Waals surface area contributed by atoms with Crippen LogP contribution in [0.25, 0.3) is 11.4 Å². The Morgan fingerprint density at radius 1 is 1.40 bits per heavy atom. The van der Waals surface area contributed by atoms with Crippen molar-refractivity contribution >= 4 is 5.97 Å². The molecule has 7 heteroatoms. The number of tetrazole rings is 1. The molecule has 0 spiro atoms. The van der Waals surface area contributed by atoms with Crippen LogP contribution >= 0.6 is 0 Å². The largest absolute Gasteiger partial charge is 0.479 e. The van der Waals surface area contributed by atoms with Crippen molar-refractivity contribution in [3.8, 4) is 11.4 Å². The Morgan fingerprint density at radius 2 is 2.10 bits per heavy atom. The molecule has 2 rings (SSSR count). The van der Waals surface area contributed by atoms with Crippen LogP contribution in [0.3, 0.4) is 0 Å². The van der Waals surface area contributed by atoms with Gasteiger partial charge in [-0.2, -0.15) is 0 Å². The fourth-order valence-corrected chi connectivity index (χ4v) is 2.40. The Morgan fingerprint density at radius 3 is 2.65 bits per heavy atom. The molecule has 2 aromatic heterocycles. The average molecular weight is 278 g/mol. The summed E-state index contributed by atoms with van der Waals surface area (Å²) >= 11 is 0. The van der Waals surface area contributed by atoms with Gasteiger partial charge in [-0.25, -0.2) is 9.48 Å². The molecule has 0 radical (unpaired) electrons. The third-order valence-corrected chi connectivity index (χ3v) is 3.75. The van der Waals surface area contributed by atoms with E-state index in [4.69, 9.17) is 4.42 Å². The fourth-order valence-electron chi connectivity index (χ4n) is 2.40. The Hall–Kier alpha value is -2.18. The molecule has 7 nitrogen and oxygen atoms in total. The smallest absolute Gasteiger partial charge is 0.331 e. The Bertz CT molecular complexity index is 598. The van der Waals surface area contributed by atoms with Crippen LogP contribution in [0.5, 0.6) is 0 Å². The van der Waals surface area contributed by atoms with Crippen molar-refractivity contribution in [1.29, 1.82) is 0 Å². The maximum atomic E-state index is 11.7. The summed E-state index contributed by atoms with van der Waals surface area (Å²) < 4.78 is 6.78. The highest BCUT2D eigenvalue weighted by molar-refractivity contribution is 5.77. The first kappa shape index (κ1) is 14.2. The maximum absolute atomic E-state index is 11.7. The van der Waals surface area contributed by atoms with E-state index in [-0.39, 0.29) is 0 Å². The van der Waals surface area contributed by atoms with Crippen molar-refractivity contribution in [2.24, 2.45) is 0 Å². The Balaban J connectivity index is 2.61. The summed E-state index contributed by atoms with van der Waals surface area (Å²) in [5.74, 6) is 0.242. The third kappa shape index (κ3) is 1.99. The normalized spacial score (nSPS) is 11.8. The van der Waals surface area contributed by atoms with Gasteiger partial charge in [0.2, 0.25) is 0 Å². The molecule has 2 heterocycles. The molecular formula is C13H18N4O3. The number of aromatic nitrogens is 4. The minimum atomic E-state index is -1.14. The topological polar surface area (TPSA) is 94.0 Å². The maximum Gasteiger partial charge on any atom is 0.331 e. The van der Waals surface area contributed by atoms with Crippen LogP contribution in [0.4, 0.5) is 0 Å². The average Bonchev–Trinajstić information content (AvgIpc) is 3.08. The summed E-state index contributed by atoms with van der Waals surface area (Å²) in [6.45, 7) is 5.60. The number of carboxylic acid groups (broad SMARTS) is 1. The van der Waals surface area contributed by atoms with E-state index in [1.54, 1.807) is 12.3 Å². The van der Waals surface area contributed by atoms with Gasteiger partial charge in [0.25, 0.3) is 0 Å². The summed E-state index contributed by atoms with van der Waals surface area (Å²) in [6, 6.07) is 1.76. The van der Waals surface area contributed by atoms with Crippen LogP contribution in [-0.2, 0) is 16.8 Å². The second-order valence-corrected chi connectivity index (χ2v) is 4.57. The van der Waals surface area contributed by atoms with Gasteiger partial charge in [-0.15, -0.1) is 5.10 Å². The fraction of sp³-hybridized carbons (Fsp3) is 0.538. The zero-order chi connectivity index (χ0) is 14.8. The van der Waals surface area contributed by atoms with Crippen molar-refractivity contribution in [2.75, 3.05) is 0 Å².